The number of allylic oxidation sites excluding steroid dienone is 2. The Balaban J connectivity index is 1.55. The third-order valence-corrected chi connectivity index (χ3v) is 7.81. The predicted molar refractivity (Wildman–Crippen MR) is 98.1 cm³/mol. The number of ether oxygens (including phenoxy) is 1. The summed E-state index contributed by atoms with van der Waals surface area (Å²) >= 11 is 0. The first kappa shape index (κ1) is 17.5. The fourth-order valence-corrected chi connectivity index (χ4v) is 6.44. The Morgan fingerprint density at radius 1 is 1.24 bits per heavy atom. The minimum atomic E-state index is -0.876. The zero-order valence-electron chi connectivity index (χ0n) is 15.7. The van der Waals surface area contributed by atoms with E-state index in [9.17, 15) is 9.90 Å². The van der Waals surface area contributed by atoms with E-state index in [0.29, 0.717) is 17.9 Å². The van der Waals surface area contributed by atoms with E-state index in [1.165, 1.54) is 19.3 Å². The number of rotatable bonds is 4. The lowest BCUT2D eigenvalue weighted by Crippen LogP contribution is -2.54. The first-order chi connectivity index (χ1) is 12.0. The maximum absolute atomic E-state index is 11.7. The van der Waals surface area contributed by atoms with Gasteiger partial charge in [0.15, 0.2) is 5.78 Å². The average Bonchev–Trinajstić information content (AvgIpc) is 2.92. The Morgan fingerprint density at radius 3 is 2.88 bits per heavy atom. The van der Waals surface area contributed by atoms with Crippen LogP contribution in [0.3, 0.4) is 0 Å². The van der Waals surface area contributed by atoms with Crippen LogP contribution in [0.4, 0.5) is 0 Å². The Bertz CT molecular complexity index is 606. The minimum Gasteiger partial charge on any atom is -0.381 e. The average molecular weight is 344 g/mol. The fourth-order valence-electron chi connectivity index (χ4n) is 6.44. The van der Waals surface area contributed by atoms with Crippen LogP contribution in [0.25, 0.3) is 0 Å². The summed E-state index contributed by atoms with van der Waals surface area (Å²) in [6.45, 7) is 5.54. The van der Waals surface area contributed by atoms with Crippen molar-refractivity contribution < 1.29 is 14.6 Å². The smallest absolute Gasteiger partial charge is 0.178 e. The second kappa shape index (κ2) is 6.35. The standard InChI is InChI=1S/C22H32O3/c1-3-4-13-25-20-8-7-18-17-6-5-15-14-16(23)9-12-22(15,24)19(17)10-11-21(18,20)2/h9,12,14,17-20,24H,3-8,10-11,13H2,1-2H3/t17-,18-,19-,20-,21-,22+/m0/s1. The van der Waals surface area contributed by atoms with Gasteiger partial charge in [0.2, 0.25) is 0 Å². The zero-order chi connectivity index (χ0) is 17.7. The Hall–Kier alpha value is -0.930. The maximum Gasteiger partial charge on any atom is 0.178 e. The molecule has 0 aromatic rings. The predicted octanol–water partition coefficient (Wildman–Crippen LogP) is 4.20. The second-order valence-corrected chi connectivity index (χ2v) is 8.98. The van der Waals surface area contributed by atoms with Gasteiger partial charge in [0.1, 0.15) is 5.60 Å². The second-order valence-electron chi connectivity index (χ2n) is 8.98. The summed E-state index contributed by atoms with van der Waals surface area (Å²) in [6.07, 6.45) is 14.3. The van der Waals surface area contributed by atoms with Gasteiger partial charge in [0.25, 0.3) is 0 Å². The molecule has 0 amide bonds. The Kier molecular flexibility index (Phi) is 4.44. The highest BCUT2D eigenvalue weighted by Gasteiger charge is 2.59. The third-order valence-electron chi connectivity index (χ3n) is 7.81. The lowest BCUT2D eigenvalue weighted by atomic mass is 9.51. The number of fused-ring (bicyclic) bond motifs is 5. The van der Waals surface area contributed by atoms with E-state index in [0.717, 1.165) is 44.3 Å². The summed E-state index contributed by atoms with van der Waals surface area (Å²) in [7, 11) is 0. The highest BCUT2D eigenvalue weighted by atomic mass is 16.5. The van der Waals surface area contributed by atoms with Crippen LogP contribution >= 0.6 is 0 Å². The normalized spacial score (nSPS) is 45.6. The molecule has 0 aromatic heterocycles. The van der Waals surface area contributed by atoms with E-state index < -0.39 is 5.60 Å². The highest BCUT2D eigenvalue weighted by Crippen LogP contribution is 2.62. The monoisotopic (exact) mass is 344 g/mol. The first-order valence-corrected chi connectivity index (χ1v) is 10.3. The lowest BCUT2D eigenvalue weighted by molar-refractivity contribution is -0.115. The summed E-state index contributed by atoms with van der Waals surface area (Å²) in [5.41, 5.74) is 0.346. The van der Waals surface area contributed by atoms with Crippen molar-refractivity contribution in [2.75, 3.05) is 6.61 Å². The van der Waals surface area contributed by atoms with E-state index >= 15 is 0 Å². The third kappa shape index (κ3) is 2.66. The van der Waals surface area contributed by atoms with Gasteiger partial charge in [-0.1, -0.05) is 20.3 Å². The van der Waals surface area contributed by atoms with Gasteiger partial charge in [-0.15, -0.1) is 0 Å². The van der Waals surface area contributed by atoms with Crippen molar-refractivity contribution in [3.8, 4) is 0 Å². The van der Waals surface area contributed by atoms with Crippen LogP contribution in [0.2, 0.25) is 0 Å². The molecular formula is C22H32O3. The van der Waals surface area contributed by atoms with Gasteiger partial charge < -0.3 is 9.84 Å². The van der Waals surface area contributed by atoms with Gasteiger partial charge in [-0.2, -0.15) is 0 Å². The molecule has 25 heavy (non-hydrogen) atoms. The van der Waals surface area contributed by atoms with Crippen LogP contribution < -0.4 is 0 Å². The SMILES string of the molecule is CCCCO[C@H]1CC[C@H]2[C@@H]3CCC4=CC(=O)C=C[C@]4(O)[C@H]3CC[C@]12C. The molecule has 0 bridgehead atoms. The van der Waals surface area contributed by atoms with Crippen LogP contribution in [0.1, 0.15) is 65.2 Å². The van der Waals surface area contributed by atoms with Crippen molar-refractivity contribution >= 4 is 5.78 Å². The quantitative estimate of drug-likeness (QED) is 0.777. The zero-order valence-corrected chi connectivity index (χ0v) is 15.7. The van der Waals surface area contributed by atoms with Gasteiger partial charge in [0, 0.05) is 6.61 Å². The van der Waals surface area contributed by atoms with Crippen LogP contribution in [0.15, 0.2) is 23.8 Å². The lowest BCUT2D eigenvalue weighted by Gasteiger charge is -2.55. The van der Waals surface area contributed by atoms with E-state index in [4.69, 9.17) is 4.74 Å². The molecule has 3 heteroatoms. The Labute approximate surface area is 151 Å². The minimum absolute atomic E-state index is 0.0315. The molecule has 4 aliphatic carbocycles. The molecule has 4 aliphatic rings. The number of unbranched alkanes of at least 4 members (excludes halogenated alkanes) is 1. The molecule has 3 nitrogen and oxygen atoms in total. The molecule has 0 heterocycles. The number of hydrogen-bond acceptors (Lipinski definition) is 3. The van der Waals surface area contributed by atoms with Crippen molar-refractivity contribution in [2.24, 2.45) is 23.2 Å². The number of carbonyl (C=O) groups is 1. The van der Waals surface area contributed by atoms with E-state index in [1.807, 2.05) is 0 Å². The molecule has 138 valence electrons. The fraction of sp³-hybridized carbons (Fsp3) is 0.773. The molecule has 0 radical (unpaired) electrons. The van der Waals surface area contributed by atoms with Crippen molar-refractivity contribution in [2.45, 2.75) is 76.9 Å². The van der Waals surface area contributed by atoms with Crippen LogP contribution in [-0.4, -0.2) is 29.2 Å². The molecule has 0 aromatic carbocycles. The van der Waals surface area contributed by atoms with Crippen LogP contribution in [-0.2, 0) is 9.53 Å². The summed E-state index contributed by atoms with van der Waals surface area (Å²) in [5.74, 6) is 1.50. The molecule has 0 aliphatic heterocycles. The van der Waals surface area contributed by atoms with Crippen molar-refractivity contribution in [3.05, 3.63) is 23.8 Å². The molecular weight excluding hydrogens is 312 g/mol. The summed E-state index contributed by atoms with van der Waals surface area (Å²) in [6, 6.07) is 0. The van der Waals surface area contributed by atoms with Gasteiger partial charge in [-0.25, -0.2) is 0 Å². The summed E-state index contributed by atoms with van der Waals surface area (Å²) < 4.78 is 6.31. The van der Waals surface area contributed by atoms with Gasteiger partial charge in [-0.05, 0) is 91.9 Å². The number of ketones is 1. The molecule has 4 rings (SSSR count). The molecule has 0 spiro atoms. The van der Waals surface area contributed by atoms with Crippen molar-refractivity contribution in [1.82, 2.24) is 0 Å². The highest BCUT2D eigenvalue weighted by molar-refractivity contribution is 6.01. The van der Waals surface area contributed by atoms with Gasteiger partial charge in [0.05, 0.1) is 6.10 Å². The number of aliphatic hydroxyl groups is 1. The van der Waals surface area contributed by atoms with Gasteiger partial charge in [-0.3, -0.25) is 4.79 Å². The molecule has 0 unspecified atom stereocenters. The van der Waals surface area contributed by atoms with Crippen LogP contribution in [0.5, 0.6) is 0 Å². The van der Waals surface area contributed by atoms with Gasteiger partial charge >= 0.3 is 0 Å². The first-order valence-electron chi connectivity index (χ1n) is 10.3. The van der Waals surface area contributed by atoms with Crippen molar-refractivity contribution in [1.29, 1.82) is 0 Å². The van der Waals surface area contributed by atoms with E-state index in [-0.39, 0.29) is 17.1 Å². The topological polar surface area (TPSA) is 46.5 Å². The molecule has 3 saturated carbocycles. The Morgan fingerprint density at radius 2 is 2.08 bits per heavy atom. The number of carbonyl (C=O) groups excluding carboxylic acids is 1. The maximum atomic E-state index is 11.7. The molecule has 0 saturated heterocycles. The summed E-state index contributed by atoms with van der Waals surface area (Å²) in [5, 5.41) is 11.4. The largest absolute Gasteiger partial charge is 0.381 e. The summed E-state index contributed by atoms with van der Waals surface area (Å²) in [4.78, 5) is 11.7. The van der Waals surface area contributed by atoms with Crippen LogP contribution in [0, 0.1) is 23.2 Å². The van der Waals surface area contributed by atoms with E-state index in [1.54, 1.807) is 18.2 Å². The molecule has 1 N–H and O–H groups in total. The van der Waals surface area contributed by atoms with Crippen molar-refractivity contribution in [3.63, 3.8) is 0 Å². The molecule has 3 fully saturated rings. The number of hydrogen-bond donors (Lipinski definition) is 1. The molecule has 6 atom stereocenters. The van der Waals surface area contributed by atoms with E-state index in [2.05, 4.69) is 13.8 Å².